The van der Waals surface area contributed by atoms with Crippen molar-refractivity contribution in [1.29, 1.82) is 0 Å². The Bertz CT molecular complexity index is 943. The van der Waals surface area contributed by atoms with Crippen LogP contribution in [0.25, 0.3) is 5.69 Å². The molecule has 0 unspecified atom stereocenters. The number of hydrogen-bond acceptors (Lipinski definition) is 6. The van der Waals surface area contributed by atoms with Gasteiger partial charge in [-0.05, 0) is 41.5 Å². The molecule has 0 spiro atoms. The van der Waals surface area contributed by atoms with Crippen LogP contribution in [-0.2, 0) is 11.3 Å². The van der Waals surface area contributed by atoms with Crippen LogP contribution >= 0.6 is 11.8 Å². The zero-order valence-corrected chi connectivity index (χ0v) is 17.2. The molecule has 1 N–H and O–H groups in total. The number of nitrogens with zero attached hydrogens (tertiary/aromatic N) is 5. The number of aryl methyl sites for hydroxylation is 1. The summed E-state index contributed by atoms with van der Waals surface area (Å²) >= 11 is 1.35. The fraction of sp³-hybridized carbons (Fsp3) is 0.333. The van der Waals surface area contributed by atoms with E-state index < -0.39 is 0 Å². The van der Waals surface area contributed by atoms with E-state index in [0.717, 1.165) is 31.7 Å². The minimum Gasteiger partial charge on any atom is -0.351 e. The molecule has 0 radical (unpaired) electrons. The maximum absolute atomic E-state index is 12.4. The minimum atomic E-state index is 0.0139. The van der Waals surface area contributed by atoms with E-state index in [2.05, 4.69) is 50.0 Å². The van der Waals surface area contributed by atoms with Crippen molar-refractivity contribution in [2.75, 3.05) is 18.8 Å². The van der Waals surface area contributed by atoms with E-state index in [1.165, 1.54) is 22.9 Å². The van der Waals surface area contributed by atoms with Gasteiger partial charge >= 0.3 is 0 Å². The molecule has 1 atom stereocenters. The Kier molecular flexibility index (Phi) is 6.21. The normalized spacial score (nSPS) is 16.8. The predicted molar refractivity (Wildman–Crippen MR) is 113 cm³/mol. The second kappa shape index (κ2) is 9.19. The predicted octanol–water partition coefficient (Wildman–Crippen LogP) is 2.45. The Morgan fingerprint density at radius 2 is 1.97 bits per heavy atom. The number of carbonyl (C=O) groups is 1. The highest BCUT2D eigenvalue weighted by molar-refractivity contribution is 7.99. The van der Waals surface area contributed by atoms with Crippen molar-refractivity contribution >= 4 is 17.7 Å². The van der Waals surface area contributed by atoms with E-state index in [-0.39, 0.29) is 11.9 Å². The van der Waals surface area contributed by atoms with Crippen LogP contribution in [0.4, 0.5) is 0 Å². The third kappa shape index (κ3) is 5.21. The lowest BCUT2D eigenvalue weighted by Crippen LogP contribution is -2.38. The number of benzene rings is 2. The van der Waals surface area contributed by atoms with Crippen LogP contribution in [0.5, 0.6) is 0 Å². The third-order valence-electron chi connectivity index (χ3n) is 4.94. The van der Waals surface area contributed by atoms with Crippen molar-refractivity contribution in [2.24, 2.45) is 0 Å². The van der Waals surface area contributed by atoms with Crippen molar-refractivity contribution in [1.82, 2.24) is 30.4 Å². The second-order valence-corrected chi connectivity index (χ2v) is 8.21. The maximum atomic E-state index is 12.4. The number of hydrogen-bond donors (Lipinski definition) is 1. The first-order chi connectivity index (χ1) is 14.2. The summed E-state index contributed by atoms with van der Waals surface area (Å²) in [5.41, 5.74) is 3.36. The summed E-state index contributed by atoms with van der Waals surface area (Å²) in [5, 5.41) is 15.6. The maximum Gasteiger partial charge on any atom is 0.230 e. The van der Waals surface area contributed by atoms with Crippen LogP contribution in [0, 0.1) is 6.92 Å². The zero-order valence-electron chi connectivity index (χ0n) is 16.4. The molecule has 0 aliphatic carbocycles. The molecule has 0 bridgehead atoms. The molecule has 1 amide bonds. The molecule has 1 aliphatic rings. The van der Waals surface area contributed by atoms with E-state index in [4.69, 9.17) is 0 Å². The van der Waals surface area contributed by atoms with Gasteiger partial charge in [-0.15, -0.1) is 5.10 Å². The molecule has 8 heteroatoms. The Hall–Kier alpha value is -2.71. The summed E-state index contributed by atoms with van der Waals surface area (Å²) in [4.78, 5) is 14.8. The van der Waals surface area contributed by atoms with Gasteiger partial charge in [0.1, 0.15) is 0 Å². The summed E-state index contributed by atoms with van der Waals surface area (Å²) in [7, 11) is 0. The monoisotopic (exact) mass is 408 g/mol. The largest absolute Gasteiger partial charge is 0.351 e. The fourth-order valence-corrected chi connectivity index (χ4v) is 4.15. The van der Waals surface area contributed by atoms with Gasteiger partial charge < -0.3 is 5.32 Å². The number of nitrogens with one attached hydrogen (secondary N) is 1. The Morgan fingerprint density at radius 3 is 2.76 bits per heavy atom. The van der Waals surface area contributed by atoms with Crippen molar-refractivity contribution < 1.29 is 4.79 Å². The quantitative estimate of drug-likeness (QED) is 0.605. The van der Waals surface area contributed by atoms with Crippen molar-refractivity contribution in [2.45, 2.75) is 31.1 Å². The Balaban J connectivity index is 1.26. The van der Waals surface area contributed by atoms with Gasteiger partial charge in [-0.25, -0.2) is 0 Å². The lowest BCUT2D eigenvalue weighted by Gasteiger charge is -2.16. The van der Waals surface area contributed by atoms with E-state index in [1.807, 2.05) is 37.3 Å². The summed E-state index contributed by atoms with van der Waals surface area (Å²) in [5.74, 6) is 0.307. The molecule has 2 heterocycles. The molecular weight excluding hydrogens is 384 g/mol. The van der Waals surface area contributed by atoms with Crippen LogP contribution in [0.1, 0.15) is 17.5 Å². The van der Waals surface area contributed by atoms with Crippen LogP contribution < -0.4 is 5.32 Å². The molecule has 29 heavy (non-hydrogen) atoms. The molecule has 0 saturated carbocycles. The SMILES string of the molecule is Cc1ccc(-n2nnnc2SCC(=O)N[C@@H]2CCN(Cc3ccccc3)C2)cc1. The first-order valence-corrected chi connectivity index (χ1v) is 10.7. The summed E-state index contributed by atoms with van der Waals surface area (Å²) in [6.45, 7) is 4.84. The second-order valence-electron chi connectivity index (χ2n) is 7.27. The first-order valence-electron chi connectivity index (χ1n) is 9.71. The first kappa shape index (κ1) is 19.6. The smallest absolute Gasteiger partial charge is 0.230 e. The third-order valence-corrected chi connectivity index (χ3v) is 5.86. The number of aromatic nitrogens is 4. The zero-order chi connectivity index (χ0) is 20.1. The lowest BCUT2D eigenvalue weighted by atomic mass is 10.2. The Labute approximate surface area is 174 Å². The Morgan fingerprint density at radius 1 is 1.17 bits per heavy atom. The van der Waals surface area contributed by atoms with E-state index in [1.54, 1.807) is 4.68 Å². The van der Waals surface area contributed by atoms with Crippen molar-refractivity contribution in [3.05, 3.63) is 65.7 Å². The van der Waals surface area contributed by atoms with Crippen LogP contribution in [0.15, 0.2) is 59.8 Å². The van der Waals surface area contributed by atoms with E-state index in [0.29, 0.717) is 10.9 Å². The van der Waals surface area contributed by atoms with Gasteiger partial charge in [-0.3, -0.25) is 9.69 Å². The highest BCUT2D eigenvalue weighted by Gasteiger charge is 2.24. The molecule has 150 valence electrons. The summed E-state index contributed by atoms with van der Waals surface area (Å²) in [6, 6.07) is 18.6. The molecule has 1 aromatic heterocycles. The number of likely N-dealkylation sites (tertiary alicyclic amines) is 1. The molecule has 3 aromatic rings. The van der Waals surface area contributed by atoms with Gasteiger partial charge in [0, 0.05) is 25.7 Å². The summed E-state index contributed by atoms with van der Waals surface area (Å²) in [6.07, 6.45) is 0.977. The molecule has 1 aliphatic heterocycles. The van der Waals surface area contributed by atoms with Crippen molar-refractivity contribution in [3.63, 3.8) is 0 Å². The molecular formula is C21H24N6OS. The van der Waals surface area contributed by atoms with Gasteiger partial charge in [0.15, 0.2) is 0 Å². The molecule has 2 aromatic carbocycles. The van der Waals surface area contributed by atoms with Gasteiger partial charge in [-0.1, -0.05) is 59.8 Å². The number of carbonyl (C=O) groups excluding carboxylic acids is 1. The highest BCUT2D eigenvalue weighted by Crippen LogP contribution is 2.19. The van der Waals surface area contributed by atoms with E-state index in [9.17, 15) is 4.79 Å². The van der Waals surface area contributed by atoms with Gasteiger partial charge in [0.25, 0.3) is 0 Å². The topological polar surface area (TPSA) is 75.9 Å². The van der Waals surface area contributed by atoms with Crippen LogP contribution in [0.2, 0.25) is 0 Å². The molecule has 7 nitrogen and oxygen atoms in total. The van der Waals surface area contributed by atoms with Crippen molar-refractivity contribution in [3.8, 4) is 5.69 Å². The van der Waals surface area contributed by atoms with Crippen LogP contribution in [0.3, 0.4) is 0 Å². The van der Waals surface area contributed by atoms with Gasteiger partial charge in [-0.2, -0.15) is 4.68 Å². The molecule has 1 fully saturated rings. The lowest BCUT2D eigenvalue weighted by molar-refractivity contribution is -0.119. The summed E-state index contributed by atoms with van der Waals surface area (Å²) < 4.78 is 1.66. The standard InChI is InChI=1S/C21H24N6OS/c1-16-7-9-19(10-8-16)27-21(23-24-25-27)29-15-20(28)22-18-11-12-26(14-18)13-17-5-3-2-4-6-17/h2-10,18H,11-15H2,1H3,(H,22,28)/t18-/m1/s1. The van der Waals surface area contributed by atoms with Gasteiger partial charge in [0.05, 0.1) is 11.4 Å². The number of thioether (sulfide) groups is 1. The molecule has 4 rings (SSSR count). The highest BCUT2D eigenvalue weighted by atomic mass is 32.2. The van der Waals surface area contributed by atoms with E-state index >= 15 is 0 Å². The fourth-order valence-electron chi connectivity index (χ4n) is 3.45. The number of rotatable bonds is 7. The number of amides is 1. The van der Waals surface area contributed by atoms with Crippen LogP contribution in [-0.4, -0.2) is 55.9 Å². The minimum absolute atomic E-state index is 0.0139. The average Bonchev–Trinajstić information content (AvgIpc) is 3.37. The average molecular weight is 409 g/mol. The number of tetrazole rings is 1. The van der Waals surface area contributed by atoms with Gasteiger partial charge in [0.2, 0.25) is 11.1 Å². The molecule has 1 saturated heterocycles.